The molecule has 0 rings (SSSR count). The Morgan fingerprint density at radius 3 is 2.25 bits per heavy atom. The van der Waals surface area contributed by atoms with Gasteiger partial charge in [-0.15, -0.1) is 0 Å². The quantitative estimate of drug-likeness (QED) is 0.546. The van der Waals surface area contributed by atoms with Crippen molar-refractivity contribution in [3.8, 4) is 0 Å². The predicted molar refractivity (Wildman–Crippen MR) is 66.4 cm³/mol. The Morgan fingerprint density at radius 1 is 1.44 bits per heavy atom. The van der Waals surface area contributed by atoms with E-state index in [0.29, 0.717) is 5.82 Å². The first kappa shape index (κ1) is 14.4. The zero-order chi connectivity index (χ0) is 12.9. The molecule has 0 aliphatic rings. The van der Waals surface area contributed by atoms with Gasteiger partial charge in [-0.1, -0.05) is 12.2 Å². The second-order valence-corrected chi connectivity index (χ2v) is 4.55. The van der Waals surface area contributed by atoms with Crippen LogP contribution in [-0.2, 0) is 4.74 Å². The van der Waals surface area contributed by atoms with Gasteiger partial charge >= 0.3 is 6.09 Å². The minimum Gasteiger partial charge on any atom is -0.443 e. The summed E-state index contributed by atoms with van der Waals surface area (Å²) in [5.74, 6) is 0.418. The summed E-state index contributed by atoms with van der Waals surface area (Å²) in [7, 11) is 1.58. The predicted octanol–water partition coefficient (Wildman–Crippen LogP) is 2.97. The molecule has 0 aromatic rings. The van der Waals surface area contributed by atoms with E-state index in [1.165, 1.54) is 4.90 Å². The molecule has 0 spiro atoms. The smallest absolute Gasteiger partial charge is 0.415 e. The first-order chi connectivity index (χ1) is 7.17. The van der Waals surface area contributed by atoms with Crippen molar-refractivity contribution in [3.63, 3.8) is 0 Å². The van der Waals surface area contributed by atoms with Crippen LogP contribution in [0.15, 0.2) is 29.0 Å². The molecule has 0 saturated carbocycles. The molecule has 0 saturated heterocycles. The summed E-state index contributed by atoms with van der Waals surface area (Å²) in [6.45, 7) is 14.4. The van der Waals surface area contributed by atoms with Crippen LogP contribution in [0.4, 0.5) is 4.79 Å². The zero-order valence-corrected chi connectivity index (χ0v) is 10.7. The highest BCUT2D eigenvalue weighted by atomic mass is 16.6. The van der Waals surface area contributed by atoms with Crippen molar-refractivity contribution in [2.45, 2.75) is 33.3 Å². The van der Waals surface area contributed by atoms with E-state index in [1.54, 1.807) is 13.1 Å². The van der Waals surface area contributed by atoms with Crippen LogP contribution in [0.1, 0.15) is 27.7 Å². The third-order valence-corrected chi connectivity index (χ3v) is 1.55. The van der Waals surface area contributed by atoms with Gasteiger partial charge in [0.15, 0.2) is 0 Å². The molecule has 0 aliphatic heterocycles. The maximum Gasteiger partial charge on any atom is 0.415 e. The van der Waals surface area contributed by atoms with E-state index in [2.05, 4.69) is 18.3 Å². The Bertz CT molecular complexity index is 324. The summed E-state index contributed by atoms with van der Waals surface area (Å²) in [4.78, 5) is 16.7. The van der Waals surface area contributed by atoms with Gasteiger partial charge in [0, 0.05) is 7.05 Å². The second-order valence-electron chi connectivity index (χ2n) is 4.55. The number of aliphatic imine (C=N–C) groups is 1. The molecule has 0 aromatic heterocycles. The molecule has 0 N–H and O–H groups in total. The van der Waals surface area contributed by atoms with Crippen LogP contribution in [0, 0.1) is 0 Å². The molecular formula is C12H20N2O2. The van der Waals surface area contributed by atoms with Gasteiger partial charge in [-0.2, -0.15) is 0 Å². The fourth-order valence-corrected chi connectivity index (χ4v) is 0.893. The first-order valence-corrected chi connectivity index (χ1v) is 4.98. The number of nitrogens with zero attached hydrogens (tertiary/aromatic N) is 2. The van der Waals surface area contributed by atoms with E-state index in [1.807, 2.05) is 27.7 Å². The highest BCUT2D eigenvalue weighted by Gasteiger charge is 2.21. The van der Waals surface area contributed by atoms with Gasteiger partial charge in [0.25, 0.3) is 0 Å². The summed E-state index contributed by atoms with van der Waals surface area (Å²) < 4.78 is 5.19. The summed E-state index contributed by atoms with van der Waals surface area (Å²) in [5.41, 5.74) is 0.263. The average Bonchev–Trinajstić information content (AvgIpc) is 2.09. The third-order valence-electron chi connectivity index (χ3n) is 1.55. The minimum atomic E-state index is -0.527. The molecule has 4 nitrogen and oxygen atoms in total. The molecule has 0 bridgehead atoms. The lowest BCUT2D eigenvalue weighted by Gasteiger charge is -2.24. The van der Waals surface area contributed by atoms with Gasteiger partial charge in [-0.05, 0) is 40.5 Å². The van der Waals surface area contributed by atoms with Crippen molar-refractivity contribution >= 4 is 12.8 Å². The van der Waals surface area contributed by atoms with Gasteiger partial charge in [0.2, 0.25) is 0 Å². The standard InChI is InChI=1S/C12H20N2O2/c1-9(2)8-10(13-6)14(7)11(15)16-12(3,4)5/h8H,1,6H2,2-5,7H3/b10-8+. The van der Waals surface area contributed by atoms with E-state index < -0.39 is 11.7 Å². The number of hydrogen-bond donors (Lipinski definition) is 0. The Labute approximate surface area is 97.3 Å². The molecule has 90 valence electrons. The van der Waals surface area contributed by atoms with Gasteiger partial charge in [0.1, 0.15) is 11.4 Å². The monoisotopic (exact) mass is 224 g/mol. The molecule has 0 atom stereocenters. The van der Waals surface area contributed by atoms with Gasteiger partial charge in [-0.3, -0.25) is 4.90 Å². The van der Waals surface area contributed by atoms with Crippen LogP contribution in [0.25, 0.3) is 0 Å². The molecule has 16 heavy (non-hydrogen) atoms. The fourth-order valence-electron chi connectivity index (χ4n) is 0.893. The summed E-state index contributed by atoms with van der Waals surface area (Å²) in [6.07, 6.45) is 1.20. The highest BCUT2D eigenvalue weighted by molar-refractivity contribution is 5.70. The number of hydrogen-bond acceptors (Lipinski definition) is 3. The molecule has 1 amide bonds. The number of carbonyl (C=O) groups is 1. The molecule has 0 aromatic carbocycles. The normalized spacial score (nSPS) is 11.9. The summed E-state index contributed by atoms with van der Waals surface area (Å²) in [5, 5.41) is 0. The Morgan fingerprint density at radius 2 is 1.94 bits per heavy atom. The molecular weight excluding hydrogens is 204 g/mol. The molecule has 0 aliphatic carbocycles. The largest absolute Gasteiger partial charge is 0.443 e. The van der Waals surface area contributed by atoms with Crippen LogP contribution in [-0.4, -0.2) is 30.4 Å². The van der Waals surface area contributed by atoms with Gasteiger partial charge in [0.05, 0.1) is 0 Å². The van der Waals surface area contributed by atoms with Crippen molar-refractivity contribution in [2.75, 3.05) is 7.05 Å². The number of amides is 1. The number of ether oxygens (including phenoxy) is 1. The van der Waals surface area contributed by atoms with Crippen molar-refractivity contribution in [2.24, 2.45) is 4.99 Å². The van der Waals surface area contributed by atoms with Crippen LogP contribution in [0.5, 0.6) is 0 Å². The fraction of sp³-hybridized carbons (Fsp3) is 0.500. The summed E-state index contributed by atoms with van der Waals surface area (Å²) in [6, 6.07) is 0. The number of carbonyl (C=O) groups excluding carboxylic acids is 1. The van der Waals surface area contributed by atoms with Crippen LogP contribution >= 0.6 is 0 Å². The molecule has 0 unspecified atom stereocenters. The maximum atomic E-state index is 11.7. The SMILES string of the molecule is C=N/C(=C\C(=C)C)N(C)C(=O)OC(C)(C)C. The third kappa shape index (κ3) is 5.34. The average molecular weight is 224 g/mol. The maximum absolute atomic E-state index is 11.7. The molecule has 4 heteroatoms. The Balaban J connectivity index is 4.77. The lowest BCUT2D eigenvalue weighted by Crippen LogP contribution is -2.33. The molecule has 0 fully saturated rings. The first-order valence-electron chi connectivity index (χ1n) is 4.98. The Hall–Kier alpha value is -1.58. The van der Waals surface area contributed by atoms with Crippen LogP contribution in [0.2, 0.25) is 0 Å². The second kappa shape index (κ2) is 5.49. The molecule has 0 heterocycles. The summed E-state index contributed by atoms with van der Waals surface area (Å²) >= 11 is 0. The topological polar surface area (TPSA) is 41.9 Å². The van der Waals surface area contributed by atoms with Crippen molar-refractivity contribution in [1.29, 1.82) is 0 Å². The number of rotatable bonds is 3. The van der Waals surface area contributed by atoms with Crippen molar-refractivity contribution in [1.82, 2.24) is 4.90 Å². The lowest BCUT2D eigenvalue weighted by atomic mass is 10.2. The molecule has 0 radical (unpaired) electrons. The van der Waals surface area contributed by atoms with E-state index in [0.717, 1.165) is 5.57 Å². The number of allylic oxidation sites excluding steroid dienone is 2. The van der Waals surface area contributed by atoms with E-state index in [4.69, 9.17) is 4.74 Å². The van der Waals surface area contributed by atoms with Gasteiger partial charge in [-0.25, -0.2) is 9.79 Å². The Kier molecular flexibility index (Phi) is 4.95. The minimum absolute atomic E-state index is 0.418. The van der Waals surface area contributed by atoms with E-state index >= 15 is 0 Å². The van der Waals surface area contributed by atoms with Crippen molar-refractivity contribution in [3.05, 3.63) is 24.0 Å². The van der Waals surface area contributed by atoms with E-state index in [9.17, 15) is 4.79 Å². The van der Waals surface area contributed by atoms with Crippen molar-refractivity contribution < 1.29 is 9.53 Å². The van der Waals surface area contributed by atoms with Gasteiger partial charge < -0.3 is 4.74 Å². The van der Waals surface area contributed by atoms with E-state index in [-0.39, 0.29) is 0 Å². The van der Waals surface area contributed by atoms with Crippen LogP contribution in [0.3, 0.4) is 0 Å². The highest BCUT2D eigenvalue weighted by Crippen LogP contribution is 2.13. The van der Waals surface area contributed by atoms with Crippen LogP contribution < -0.4 is 0 Å². The zero-order valence-electron chi connectivity index (χ0n) is 10.7. The lowest BCUT2D eigenvalue weighted by molar-refractivity contribution is 0.0352.